The van der Waals surface area contributed by atoms with E-state index in [2.05, 4.69) is 15.9 Å². The summed E-state index contributed by atoms with van der Waals surface area (Å²) in [5, 5.41) is 9.00. The Morgan fingerprint density at radius 2 is 2.33 bits per heavy atom. The lowest BCUT2D eigenvalue weighted by atomic mass is 9.91. The van der Waals surface area contributed by atoms with Gasteiger partial charge in [0.05, 0.1) is 0 Å². The van der Waals surface area contributed by atoms with E-state index in [1.165, 1.54) is 17.0 Å². The van der Waals surface area contributed by atoms with Crippen LogP contribution in [0.2, 0.25) is 0 Å². The normalized spacial score (nSPS) is 21.7. The highest BCUT2D eigenvalue weighted by Gasteiger charge is 2.28. The Morgan fingerprint density at radius 3 is 3.00 bits per heavy atom. The van der Waals surface area contributed by atoms with Crippen LogP contribution in [0.15, 0.2) is 24.3 Å². The molecule has 18 heavy (non-hydrogen) atoms. The molecule has 2 rings (SSSR count). The Balaban J connectivity index is 2.09. The highest BCUT2D eigenvalue weighted by molar-refractivity contribution is 9.09. The molecule has 0 spiro atoms. The van der Waals surface area contributed by atoms with Crippen molar-refractivity contribution in [1.29, 1.82) is 0 Å². The molecule has 1 aromatic carbocycles. The Labute approximate surface area is 114 Å². The summed E-state index contributed by atoms with van der Waals surface area (Å²) in [5.41, 5.74) is 0.868. The van der Waals surface area contributed by atoms with Gasteiger partial charge in [-0.1, -0.05) is 28.1 Å². The first-order chi connectivity index (χ1) is 8.58. The van der Waals surface area contributed by atoms with E-state index in [1.54, 1.807) is 6.07 Å². The largest absolute Gasteiger partial charge is 0.465 e. The molecule has 0 saturated carbocycles. The van der Waals surface area contributed by atoms with Gasteiger partial charge in [0.15, 0.2) is 0 Å². The number of benzene rings is 1. The molecule has 98 valence electrons. The van der Waals surface area contributed by atoms with Gasteiger partial charge in [-0.15, -0.1) is 0 Å². The van der Waals surface area contributed by atoms with Gasteiger partial charge in [-0.2, -0.15) is 0 Å². The quantitative estimate of drug-likeness (QED) is 0.846. The van der Waals surface area contributed by atoms with E-state index in [0.29, 0.717) is 13.1 Å². The second kappa shape index (κ2) is 5.69. The van der Waals surface area contributed by atoms with Crippen LogP contribution in [0.3, 0.4) is 0 Å². The van der Waals surface area contributed by atoms with Gasteiger partial charge in [0.1, 0.15) is 5.82 Å². The lowest BCUT2D eigenvalue weighted by Crippen LogP contribution is -2.40. The first-order valence-corrected chi connectivity index (χ1v) is 6.87. The van der Waals surface area contributed by atoms with Crippen molar-refractivity contribution >= 4 is 22.0 Å². The molecule has 1 N–H and O–H groups in total. The monoisotopic (exact) mass is 315 g/mol. The fourth-order valence-corrected chi connectivity index (χ4v) is 3.09. The Kier molecular flexibility index (Phi) is 4.22. The molecule has 0 radical (unpaired) electrons. The molecule has 1 heterocycles. The zero-order valence-electron chi connectivity index (χ0n) is 9.85. The van der Waals surface area contributed by atoms with Crippen LogP contribution in [0.5, 0.6) is 0 Å². The summed E-state index contributed by atoms with van der Waals surface area (Å²) < 4.78 is 13.2. The van der Waals surface area contributed by atoms with E-state index in [1.807, 2.05) is 6.07 Å². The molecule has 1 aliphatic heterocycles. The van der Waals surface area contributed by atoms with Crippen LogP contribution in [-0.2, 0) is 0 Å². The van der Waals surface area contributed by atoms with Crippen LogP contribution in [0, 0.1) is 11.7 Å². The van der Waals surface area contributed by atoms with E-state index in [-0.39, 0.29) is 16.6 Å². The molecule has 1 amide bonds. The number of nitrogens with zero attached hydrogens (tertiary/aromatic N) is 1. The minimum Gasteiger partial charge on any atom is -0.465 e. The number of hydrogen-bond acceptors (Lipinski definition) is 1. The fourth-order valence-electron chi connectivity index (χ4n) is 2.37. The van der Waals surface area contributed by atoms with E-state index >= 15 is 0 Å². The number of likely N-dealkylation sites (tertiary alicyclic amines) is 1. The van der Waals surface area contributed by atoms with Crippen molar-refractivity contribution in [2.24, 2.45) is 5.92 Å². The number of carboxylic acid groups (broad SMARTS) is 1. The topological polar surface area (TPSA) is 40.5 Å². The lowest BCUT2D eigenvalue weighted by Gasteiger charge is -2.33. The van der Waals surface area contributed by atoms with Gasteiger partial charge in [0.25, 0.3) is 0 Å². The van der Waals surface area contributed by atoms with E-state index in [0.717, 1.165) is 18.4 Å². The molecule has 2 unspecified atom stereocenters. The van der Waals surface area contributed by atoms with Crippen LogP contribution in [0.4, 0.5) is 9.18 Å². The van der Waals surface area contributed by atoms with Gasteiger partial charge in [0.2, 0.25) is 0 Å². The van der Waals surface area contributed by atoms with Crippen molar-refractivity contribution in [3.8, 4) is 0 Å². The van der Waals surface area contributed by atoms with Crippen molar-refractivity contribution in [1.82, 2.24) is 4.90 Å². The highest BCUT2D eigenvalue weighted by atomic mass is 79.9. The summed E-state index contributed by atoms with van der Waals surface area (Å²) in [6.07, 6.45) is 0.934. The van der Waals surface area contributed by atoms with Crippen LogP contribution < -0.4 is 0 Å². The van der Waals surface area contributed by atoms with Gasteiger partial charge < -0.3 is 10.0 Å². The molecule has 2 atom stereocenters. The smallest absolute Gasteiger partial charge is 0.407 e. The van der Waals surface area contributed by atoms with Crippen LogP contribution >= 0.6 is 15.9 Å². The molecule has 3 nitrogen and oxygen atoms in total. The summed E-state index contributed by atoms with van der Waals surface area (Å²) in [7, 11) is 0. The van der Waals surface area contributed by atoms with E-state index in [9.17, 15) is 9.18 Å². The van der Waals surface area contributed by atoms with Gasteiger partial charge in [-0.05, 0) is 36.5 Å². The maximum atomic E-state index is 13.2. The highest BCUT2D eigenvalue weighted by Crippen LogP contribution is 2.36. The Bertz CT molecular complexity index is 441. The maximum Gasteiger partial charge on any atom is 0.407 e. The first-order valence-electron chi connectivity index (χ1n) is 5.95. The summed E-state index contributed by atoms with van der Waals surface area (Å²) in [6.45, 7) is 1.09. The second-order valence-electron chi connectivity index (χ2n) is 4.59. The van der Waals surface area contributed by atoms with Crippen molar-refractivity contribution < 1.29 is 14.3 Å². The average Bonchev–Trinajstić information content (AvgIpc) is 2.38. The molecule has 0 aromatic heterocycles. The number of piperidine rings is 1. The molecule has 5 heteroatoms. The first kappa shape index (κ1) is 13.3. The summed E-state index contributed by atoms with van der Waals surface area (Å²) in [6, 6.07) is 6.45. The zero-order chi connectivity index (χ0) is 13.1. The molecule has 1 aliphatic rings. The third kappa shape index (κ3) is 3.02. The second-order valence-corrected chi connectivity index (χ2v) is 5.57. The average molecular weight is 316 g/mol. The predicted octanol–water partition coefficient (Wildman–Crippen LogP) is 3.65. The van der Waals surface area contributed by atoms with Crippen molar-refractivity contribution in [2.75, 3.05) is 13.1 Å². The molecular formula is C13H15BrFNO2. The zero-order valence-corrected chi connectivity index (χ0v) is 11.4. The Hall–Kier alpha value is -1.10. The summed E-state index contributed by atoms with van der Waals surface area (Å²) >= 11 is 3.57. The van der Waals surface area contributed by atoms with Crippen molar-refractivity contribution in [3.63, 3.8) is 0 Å². The number of carbonyl (C=O) groups is 1. The minimum absolute atomic E-state index is 0.00431. The van der Waals surface area contributed by atoms with Crippen molar-refractivity contribution in [2.45, 2.75) is 17.7 Å². The lowest BCUT2D eigenvalue weighted by molar-refractivity contribution is 0.120. The molecule has 1 aromatic rings. The van der Waals surface area contributed by atoms with Crippen LogP contribution in [-0.4, -0.2) is 29.2 Å². The molecule has 0 aliphatic carbocycles. The van der Waals surface area contributed by atoms with E-state index < -0.39 is 6.09 Å². The van der Waals surface area contributed by atoms with Gasteiger partial charge in [0, 0.05) is 17.9 Å². The SMILES string of the molecule is O=C(O)N1CCCC(C(Br)c2cccc(F)c2)C1. The standard InChI is InChI=1S/C13H15BrFNO2/c14-12(9-3-1-5-11(15)7-9)10-4-2-6-16(8-10)13(17)18/h1,3,5,7,10,12H,2,4,6,8H2,(H,17,18). The molecule has 1 fully saturated rings. The minimum atomic E-state index is -0.876. The van der Waals surface area contributed by atoms with Crippen molar-refractivity contribution in [3.05, 3.63) is 35.6 Å². The van der Waals surface area contributed by atoms with Gasteiger partial charge in [-0.3, -0.25) is 0 Å². The molecular weight excluding hydrogens is 301 g/mol. The third-order valence-electron chi connectivity index (χ3n) is 3.31. The number of halogens is 2. The molecule has 0 bridgehead atoms. The molecule has 1 saturated heterocycles. The maximum absolute atomic E-state index is 13.2. The van der Waals surface area contributed by atoms with Gasteiger partial charge >= 0.3 is 6.09 Å². The Morgan fingerprint density at radius 1 is 1.56 bits per heavy atom. The summed E-state index contributed by atoms with van der Waals surface area (Å²) in [4.78, 5) is 12.4. The van der Waals surface area contributed by atoms with Gasteiger partial charge in [-0.25, -0.2) is 9.18 Å². The van der Waals surface area contributed by atoms with Crippen LogP contribution in [0.1, 0.15) is 23.2 Å². The van der Waals surface area contributed by atoms with Crippen LogP contribution in [0.25, 0.3) is 0 Å². The predicted molar refractivity (Wildman–Crippen MR) is 70.4 cm³/mol. The number of amides is 1. The van der Waals surface area contributed by atoms with E-state index in [4.69, 9.17) is 5.11 Å². The number of hydrogen-bond donors (Lipinski definition) is 1. The third-order valence-corrected chi connectivity index (χ3v) is 4.59. The number of alkyl halides is 1. The fraction of sp³-hybridized carbons (Fsp3) is 0.462. The summed E-state index contributed by atoms with van der Waals surface area (Å²) in [5.74, 6) is -0.0699. The number of rotatable bonds is 2.